The highest BCUT2D eigenvalue weighted by atomic mass is 16.2. The van der Waals surface area contributed by atoms with Gasteiger partial charge in [-0.3, -0.25) is 0 Å². The Kier molecular flexibility index (Phi) is 6.69. The second kappa shape index (κ2) is 9.40. The summed E-state index contributed by atoms with van der Waals surface area (Å²) in [6.45, 7) is 6.84. The van der Waals surface area contributed by atoms with Crippen molar-refractivity contribution in [2.24, 2.45) is 0 Å². The Morgan fingerprint density at radius 3 is 2.44 bits per heavy atom. The van der Waals surface area contributed by atoms with Crippen molar-refractivity contribution in [1.82, 2.24) is 10.3 Å². The summed E-state index contributed by atoms with van der Waals surface area (Å²) in [6, 6.07) is 10.1. The number of amides is 2. The van der Waals surface area contributed by atoms with E-state index >= 15 is 0 Å². The summed E-state index contributed by atoms with van der Waals surface area (Å²) in [7, 11) is 0. The lowest BCUT2D eigenvalue weighted by Gasteiger charge is -2.27. The second-order valence-corrected chi connectivity index (χ2v) is 7.04. The van der Waals surface area contributed by atoms with E-state index in [0.29, 0.717) is 6.54 Å². The minimum atomic E-state index is -0.165. The number of nitrogens with zero attached hydrogens (tertiary/aromatic N) is 2. The van der Waals surface area contributed by atoms with Crippen molar-refractivity contribution >= 4 is 17.5 Å². The molecule has 0 saturated carbocycles. The molecule has 2 N–H and O–H groups in total. The number of anilines is 2. The quantitative estimate of drug-likeness (QED) is 0.790. The van der Waals surface area contributed by atoms with Gasteiger partial charge in [0, 0.05) is 31.5 Å². The van der Waals surface area contributed by atoms with E-state index < -0.39 is 0 Å². The van der Waals surface area contributed by atoms with Gasteiger partial charge in [0.2, 0.25) is 0 Å². The third-order valence-corrected chi connectivity index (χ3v) is 5.18. The molecule has 3 rings (SSSR count). The molecule has 0 unspecified atom stereocenters. The van der Waals surface area contributed by atoms with E-state index in [1.165, 1.54) is 30.4 Å². The van der Waals surface area contributed by atoms with Crippen LogP contribution in [-0.2, 0) is 19.4 Å². The van der Waals surface area contributed by atoms with Gasteiger partial charge in [0.05, 0.1) is 0 Å². The molecule has 144 valence electrons. The number of urea groups is 1. The Bertz CT molecular complexity index is 746. The molecule has 1 aliphatic rings. The molecule has 0 aliphatic carbocycles. The normalized spacial score (nSPS) is 14.1. The zero-order valence-corrected chi connectivity index (χ0v) is 16.4. The van der Waals surface area contributed by atoms with E-state index in [9.17, 15) is 4.79 Å². The van der Waals surface area contributed by atoms with Crippen LogP contribution < -0.4 is 15.5 Å². The summed E-state index contributed by atoms with van der Waals surface area (Å²) in [5.41, 5.74) is 4.35. The number of carbonyl (C=O) groups is 1. The lowest BCUT2D eigenvalue weighted by Crippen LogP contribution is -2.31. The number of pyridine rings is 1. The largest absolute Gasteiger partial charge is 0.357 e. The van der Waals surface area contributed by atoms with Crippen molar-refractivity contribution < 1.29 is 4.79 Å². The van der Waals surface area contributed by atoms with Gasteiger partial charge < -0.3 is 15.5 Å². The molecule has 2 heterocycles. The molecule has 0 spiro atoms. The first-order valence-corrected chi connectivity index (χ1v) is 10.1. The Morgan fingerprint density at radius 1 is 1.07 bits per heavy atom. The van der Waals surface area contributed by atoms with Crippen LogP contribution >= 0.6 is 0 Å². The zero-order valence-electron chi connectivity index (χ0n) is 16.4. The van der Waals surface area contributed by atoms with Crippen molar-refractivity contribution in [1.29, 1.82) is 0 Å². The van der Waals surface area contributed by atoms with Crippen LogP contribution in [0.5, 0.6) is 0 Å². The number of rotatable bonds is 6. The van der Waals surface area contributed by atoms with Gasteiger partial charge in [0.15, 0.2) is 0 Å². The second-order valence-electron chi connectivity index (χ2n) is 7.04. The predicted molar refractivity (Wildman–Crippen MR) is 111 cm³/mol. The van der Waals surface area contributed by atoms with E-state index in [2.05, 4.69) is 58.6 Å². The van der Waals surface area contributed by atoms with Gasteiger partial charge >= 0.3 is 6.03 Å². The van der Waals surface area contributed by atoms with Crippen LogP contribution in [0.15, 0.2) is 36.5 Å². The summed E-state index contributed by atoms with van der Waals surface area (Å²) < 4.78 is 0. The first-order chi connectivity index (χ1) is 13.2. The third kappa shape index (κ3) is 5.00. The average Bonchev–Trinajstić information content (AvgIpc) is 2.73. The number of aromatic nitrogens is 1. The summed E-state index contributed by atoms with van der Waals surface area (Å²) in [6.07, 6.45) is 7.38. The number of aryl methyl sites for hydroxylation is 2. The van der Waals surface area contributed by atoms with Crippen LogP contribution in [0.1, 0.15) is 49.8 Å². The Labute approximate surface area is 162 Å². The standard InChI is InChI=1S/C22H30N4O/c1-3-18-9-8-10-19(4-2)21(18)25-22(27)24-16-17-11-12-23-20(15-17)26-13-6-5-7-14-26/h8-12,15H,3-7,13-14,16H2,1-2H3,(H2,24,25,27). The fraction of sp³-hybridized carbons (Fsp3) is 0.455. The average molecular weight is 367 g/mol. The van der Waals surface area contributed by atoms with Crippen molar-refractivity contribution in [3.05, 3.63) is 53.2 Å². The number of piperidine rings is 1. The maximum Gasteiger partial charge on any atom is 0.319 e. The van der Waals surface area contributed by atoms with Crippen molar-refractivity contribution in [2.75, 3.05) is 23.3 Å². The van der Waals surface area contributed by atoms with E-state index in [-0.39, 0.29) is 6.03 Å². The van der Waals surface area contributed by atoms with Crippen LogP contribution in [0.25, 0.3) is 0 Å². The van der Waals surface area contributed by atoms with Crippen molar-refractivity contribution in [3.63, 3.8) is 0 Å². The zero-order chi connectivity index (χ0) is 19.1. The molecule has 1 fully saturated rings. The van der Waals surface area contributed by atoms with Crippen LogP contribution in [-0.4, -0.2) is 24.1 Å². The first-order valence-electron chi connectivity index (χ1n) is 10.1. The van der Waals surface area contributed by atoms with Gasteiger partial charge in [-0.2, -0.15) is 0 Å². The maximum absolute atomic E-state index is 12.5. The molecule has 1 aromatic heterocycles. The van der Waals surface area contributed by atoms with Gasteiger partial charge in [0.1, 0.15) is 5.82 Å². The van der Waals surface area contributed by atoms with Crippen LogP contribution in [0, 0.1) is 0 Å². The molecule has 2 aromatic rings. The van der Waals surface area contributed by atoms with Crippen molar-refractivity contribution in [2.45, 2.75) is 52.5 Å². The lowest BCUT2D eigenvalue weighted by atomic mass is 10.0. The number of carbonyl (C=O) groups excluding carboxylic acids is 1. The van der Waals surface area contributed by atoms with Crippen LogP contribution in [0.4, 0.5) is 16.3 Å². The third-order valence-electron chi connectivity index (χ3n) is 5.18. The first kappa shape index (κ1) is 19.2. The molecule has 2 amide bonds. The Balaban J connectivity index is 1.61. The highest BCUT2D eigenvalue weighted by molar-refractivity contribution is 5.91. The highest BCUT2D eigenvalue weighted by Crippen LogP contribution is 2.22. The summed E-state index contributed by atoms with van der Waals surface area (Å²) in [5, 5.41) is 6.04. The molecule has 0 bridgehead atoms. The molecule has 5 heteroatoms. The lowest BCUT2D eigenvalue weighted by molar-refractivity contribution is 0.251. The Hall–Kier alpha value is -2.56. The molecule has 1 aromatic carbocycles. The molecule has 1 saturated heterocycles. The number of hydrogen-bond acceptors (Lipinski definition) is 3. The van der Waals surface area contributed by atoms with E-state index in [4.69, 9.17) is 0 Å². The number of nitrogens with one attached hydrogen (secondary N) is 2. The SMILES string of the molecule is CCc1cccc(CC)c1NC(=O)NCc1ccnc(N2CCCCC2)c1. The smallest absolute Gasteiger partial charge is 0.319 e. The van der Waals surface area contributed by atoms with Gasteiger partial charge in [0.25, 0.3) is 0 Å². The van der Waals surface area contributed by atoms with Gasteiger partial charge in [-0.15, -0.1) is 0 Å². The fourth-order valence-electron chi connectivity index (χ4n) is 3.61. The molecule has 0 atom stereocenters. The minimum absolute atomic E-state index is 0.165. The summed E-state index contributed by atoms with van der Waals surface area (Å²) >= 11 is 0. The Morgan fingerprint density at radius 2 is 1.78 bits per heavy atom. The van der Waals surface area contributed by atoms with E-state index in [1.54, 1.807) is 0 Å². The molecular weight excluding hydrogens is 336 g/mol. The summed E-state index contributed by atoms with van der Waals surface area (Å²) in [4.78, 5) is 19.3. The number of para-hydroxylation sites is 1. The fourth-order valence-corrected chi connectivity index (χ4v) is 3.61. The van der Waals surface area contributed by atoms with E-state index in [0.717, 1.165) is 43.0 Å². The maximum atomic E-state index is 12.5. The van der Waals surface area contributed by atoms with Crippen LogP contribution in [0.3, 0.4) is 0 Å². The van der Waals surface area contributed by atoms with Gasteiger partial charge in [-0.05, 0) is 60.9 Å². The molecule has 27 heavy (non-hydrogen) atoms. The molecule has 0 radical (unpaired) electrons. The van der Waals surface area contributed by atoms with Crippen molar-refractivity contribution in [3.8, 4) is 0 Å². The molecule has 1 aliphatic heterocycles. The topological polar surface area (TPSA) is 57.3 Å². The monoisotopic (exact) mass is 366 g/mol. The highest BCUT2D eigenvalue weighted by Gasteiger charge is 2.13. The van der Waals surface area contributed by atoms with E-state index in [1.807, 2.05) is 12.3 Å². The van der Waals surface area contributed by atoms with Crippen LogP contribution in [0.2, 0.25) is 0 Å². The summed E-state index contributed by atoms with van der Waals surface area (Å²) in [5.74, 6) is 1.01. The molecular formula is C22H30N4O. The minimum Gasteiger partial charge on any atom is -0.357 e. The predicted octanol–water partition coefficient (Wildman–Crippen LogP) is 4.52. The molecule has 5 nitrogen and oxygen atoms in total. The van der Waals surface area contributed by atoms with Gasteiger partial charge in [-0.1, -0.05) is 32.0 Å². The number of hydrogen-bond donors (Lipinski definition) is 2. The number of benzene rings is 1. The van der Waals surface area contributed by atoms with Gasteiger partial charge in [-0.25, -0.2) is 9.78 Å².